The van der Waals surface area contributed by atoms with Gasteiger partial charge in [0.15, 0.2) is 5.69 Å². The molecule has 21 heavy (non-hydrogen) atoms. The molecule has 0 aliphatic heterocycles. The molecule has 0 saturated heterocycles. The minimum atomic E-state index is -1.06. The molecule has 0 radical (unpaired) electrons. The highest BCUT2D eigenvalue weighted by atomic mass is 35.5. The van der Waals surface area contributed by atoms with Gasteiger partial charge < -0.3 is 10.4 Å². The fraction of sp³-hybridized carbons (Fsp3) is 0.154. The van der Waals surface area contributed by atoms with Crippen LogP contribution in [0.2, 0.25) is 10.0 Å². The van der Waals surface area contributed by atoms with Crippen molar-refractivity contribution in [2.24, 2.45) is 0 Å². The quantitative estimate of drug-likeness (QED) is 0.873. The van der Waals surface area contributed by atoms with Crippen molar-refractivity contribution in [3.05, 3.63) is 49.9 Å². The first-order chi connectivity index (χ1) is 9.97. The number of nitrogens with one attached hydrogen (secondary N) is 1. The number of carbonyl (C=O) groups excluding carboxylic acids is 1. The first-order valence-corrected chi connectivity index (χ1v) is 7.52. The molecule has 2 aromatic rings. The Labute approximate surface area is 134 Å². The number of hydrogen-bond acceptors (Lipinski definition) is 4. The van der Waals surface area contributed by atoms with Crippen LogP contribution in [0.15, 0.2) is 23.6 Å². The molecule has 0 aliphatic carbocycles. The number of carbonyl (C=O) groups is 2. The number of amides is 1. The number of carboxylic acids is 1. The first kappa shape index (κ1) is 15.8. The average Bonchev–Trinajstić information content (AvgIpc) is 2.90. The Kier molecular flexibility index (Phi) is 5.17. The van der Waals surface area contributed by atoms with Crippen molar-refractivity contribution in [2.45, 2.75) is 6.42 Å². The van der Waals surface area contributed by atoms with Crippen LogP contribution in [0.25, 0.3) is 0 Å². The second kappa shape index (κ2) is 6.89. The number of carboxylic acid groups (broad SMARTS) is 1. The molecule has 1 aromatic carbocycles. The Bertz CT molecular complexity index is 688. The summed E-state index contributed by atoms with van der Waals surface area (Å²) in [7, 11) is 0. The maximum Gasteiger partial charge on any atom is 0.355 e. The van der Waals surface area contributed by atoms with Gasteiger partial charge in [-0.2, -0.15) is 0 Å². The van der Waals surface area contributed by atoms with Crippen molar-refractivity contribution in [3.63, 3.8) is 0 Å². The smallest absolute Gasteiger partial charge is 0.355 e. The lowest BCUT2D eigenvalue weighted by Gasteiger charge is -2.06. The normalized spacial score (nSPS) is 10.4. The molecule has 0 unspecified atom stereocenters. The molecular weight excluding hydrogens is 335 g/mol. The maximum atomic E-state index is 12.0. The molecule has 0 atom stereocenters. The summed E-state index contributed by atoms with van der Waals surface area (Å²) in [5.41, 5.74) is 0.314. The fourth-order valence-electron chi connectivity index (χ4n) is 1.57. The zero-order chi connectivity index (χ0) is 15.4. The number of halogens is 2. The summed E-state index contributed by atoms with van der Waals surface area (Å²) in [6.07, 6.45) is 0.446. The molecule has 0 fully saturated rings. The van der Waals surface area contributed by atoms with E-state index >= 15 is 0 Å². The highest BCUT2D eigenvalue weighted by Gasteiger charge is 2.12. The predicted molar refractivity (Wildman–Crippen MR) is 81.6 cm³/mol. The van der Waals surface area contributed by atoms with E-state index in [0.29, 0.717) is 33.6 Å². The Morgan fingerprint density at radius 2 is 2.10 bits per heavy atom. The monoisotopic (exact) mass is 344 g/mol. The van der Waals surface area contributed by atoms with E-state index in [4.69, 9.17) is 28.3 Å². The topological polar surface area (TPSA) is 79.3 Å². The second-order valence-electron chi connectivity index (χ2n) is 4.06. The maximum absolute atomic E-state index is 12.0. The largest absolute Gasteiger partial charge is 0.476 e. The van der Waals surface area contributed by atoms with E-state index in [2.05, 4.69) is 10.3 Å². The Morgan fingerprint density at radius 3 is 2.76 bits per heavy atom. The van der Waals surface area contributed by atoms with E-state index in [-0.39, 0.29) is 11.6 Å². The van der Waals surface area contributed by atoms with Gasteiger partial charge in [-0.25, -0.2) is 9.78 Å². The van der Waals surface area contributed by atoms with Gasteiger partial charge in [0.1, 0.15) is 0 Å². The minimum absolute atomic E-state index is 0.0132. The van der Waals surface area contributed by atoms with Gasteiger partial charge in [-0.3, -0.25) is 4.79 Å². The molecule has 110 valence electrons. The molecule has 1 heterocycles. The number of hydrogen-bond donors (Lipinski definition) is 2. The van der Waals surface area contributed by atoms with E-state index in [1.54, 1.807) is 12.1 Å². The summed E-state index contributed by atoms with van der Waals surface area (Å²) in [5.74, 6) is -1.40. The van der Waals surface area contributed by atoms with E-state index in [9.17, 15) is 9.59 Å². The summed E-state index contributed by atoms with van der Waals surface area (Å²) >= 11 is 13.0. The van der Waals surface area contributed by atoms with Crippen molar-refractivity contribution >= 4 is 46.4 Å². The molecule has 0 bridgehead atoms. The predicted octanol–water partition coefficient (Wildman–Crippen LogP) is 3.12. The molecule has 1 aromatic heterocycles. The van der Waals surface area contributed by atoms with Crippen molar-refractivity contribution in [1.29, 1.82) is 0 Å². The van der Waals surface area contributed by atoms with Crippen molar-refractivity contribution in [3.8, 4) is 0 Å². The summed E-state index contributed by atoms with van der Waals surface area (Å²) < 4.78 is 0. The molecule has 0 spiro atoms. The van der Waals surface area contributed by atoms with Gasteiger partial charge in [0.25, 0.3) is 5.91 Å². The average molecular weight is 345 g/mol. The van der Waals surface area contributed by atoms with Crippen LogP contribution in [0.3, 0.4) is 0 Å². The summed E-state index contributed by atoms with van der Waals surface area (Å²) in [4.78, 5) is 26.6. The van der Waals surface area contributed by atoms with E-state index < -0.39 is 5.97 Å². The van der Waals surface area contributed by atoms with E-state index in [1.165, 1.54) is 22.8 Å². The number of thiazole rings is 1. The SMILES string of the molecule is O=C(O)c1csc(CCNC(=O)c2cc(Cl)ccc2Cl)n1. The van der Waals surface area contributed by atoms with Gasteiger partial charge in [-0.05, 0) is 18.2 Å². The lowest BCUT2D eigenvalue weighted by atomic mass is 10.2. The summed E-state index contributed by atoms with van der Waals surface area (Å²) in [6.45, 7) is 0.328. The lowest BCUT2D eigenvalue weighted by Crippen LogP contribution is -2.26. The Morgan fingerprint density at radius 1 is 1.33 bits per heavy atom. The number of aromatic carboxylic acids is 1. The third-order valence-corrected chi connectivity index (χ3v) is 4.04. The van der Waals surface area contributed by atoms with Crippen LogP contribution in [0.5, 0.6) is 0 Å². The van der Waals surface area contributed by atoms with Crippen LogP contribution in [0, 0.1) is 0 Å². The molecule has 2 rings (SSSR count). The Hall–Kier alpha value is -1.63. The van der Waals surface area contributed by atoms with Crippen LogP contribution in [0.1, 0.15) is 25.9 Å². The van der Waals surface area contributed by atoms with Gasteiger partial charge in [-0.15, -0.1) is 11.3 Å². The van der Waals surface area contributed by atoms with Gasteiger partial charge in [0, 0.05) is 23.4 Å². The zero-order valence-electron chi connectivity index (χ0n) is 10.6. The minimum Gasteiger partial charge on any atom is -0.476 e. The number of rotatable bonds is 5. The third-order valence-electron chi connectivity index (χ3n) is 2.57. The number of aromatic nitrogens is 1. The van der Waals surface area contributed by atoms with E-state index in [1.807, 2.05) is 0 Å². The first-order valence-electron chi connectivity index (χ1n) is 5.88. The van der Waals surface area contributed by atoms with Gasteiger partial charge in [0.2, 0.25) is 0 Å². The lowest BCUT2D eigenvalue weighted by molar-refractivity contribution is 0.0690. The van der Waals surface area contributed by atoms with Crippen LogP contribution in [-0.4, -0.2) is 28.5 Å². The highest BCUT2D eigenvalue weighted by molar-refractivity contribution is 7.09. The highest BCUT2D eigenvalue weighted by Crippen LogP contribution is 2.20. The molecule has 0 saturated carbocycles. The molecule has 2 N–H and O–H groups in total. The molecule has 0 aliphatic rings. The van der Waals surface area contributed by atoms with Crippen molar-refractivity contribution in [2.75, 3.05) is 6.54 Å². The van der Waals surface area contributed by atoms with Gasteiger partial charge in [0.05, 0.1) is 15.6 Å². The van der Waals surface area contributed by atoms with E-state index in [0.717, 1.165) is 0 Å². The van der Waals surface area contributed by atoms with Crippen molar-refractivity contribution in [1.82, 2.24) is 10.3 Å². The number of nitrogens with zero attached hydrogens (tertiary/aromatic N) is 1. The summed E-state index contributed by atoms with van der Waals surface area (Å²) in [5, 5.41) is 14.3. The third kappa shape index (κ3) is 4.17. The van der Waals surface area contributed by atoms with Gasteiger partial charge >= 0.3 is 5.97 Å². The zero-order valence-corrected chi connectivity index (χ0v) is 12.9. The Balaban J connectivity index is 1.92. The van der Waals surface area contributed by atoms with Crippen molar-refractivity contribution < 1.29 is 14.7 Å². The van der Waals surface area contributed by atoms with Crippen LogP contribution >= 0.6 is 34.5 Å². The van der Waals surface area contributed by atoms with Crippen LogP contribution < -0.4 is 5.32 Å². The summed E-state index contributed by atoms with van der Waals surface area (Å²) in [6, 6.07) is 4.65. The second-order valence-corrected chi connectivity index (χ2v) is 5.85. The van der Waals surface area contributed by atoms with Crippen LogP contribution in [0.4, 0.5) is 0 Å². The molecule has 1 amide bonds. The molecular formula is C13H10Cl2N2O3S. The van der Waals surface area contributed by atoms with Gasteiger partial charge in [-0.1, -0.05) is 23.2 Å². The number of benzene rings is 1. The molecule has 8 heteroatoms. The fourth-order valence-corrected chi connectivity index (χ4v) is 2.72. The molecule has 5 nitrogen and oxygen atoms in total. The van der Waals surface area contributed by atoms with Crippen LogP contribution in [-0.2, 0) is 6.42 Å². The standard InChI is InChI=1S/C13H10Cl2N2O3S/c14-7-1-2-9(15)8(5-7)12(18)16-4-3-11-17-10(6-21-11)13(19)20/h1-2,5-6H,3-4H2,(H,16,18)(H,19,20).